The van der Waals surface area contributed by atoms with Crippen LogP contribution in [0.2, 0.25) is 0 Å². The molecular formula is C10H13N3. The lowest BCUT2D eigenvalue weighted by Gasteiger charge is -2.16. The van der Waals surface area contributed by atoms with Crippen molar-refractivity contribution in [1.82, 2.24) is 10.4 Å². The summed E-state index contributed by atoms with van der Waals surface area (Å²) in [7, 11) is 1.91. The first-order valence-corrected chi connectivity index (χ1v) is 4.29. The molecule has 1 aliphatic heterocycles. The Bertz CT molecular complexity index is 318. The van der Waals surface area contributed by atoms with Gasteiger partial charge in [0.1, 0.15) is 5.82 Å². The smallest absolute Gasteiger partial charge is 0.111 e. The van der Waals surface area contributed by atoms with E-state index >= 15 is 0 Å². The van der Waals surface area contributed by atoms with E-state index in [2.05, 4.69) is 17.6 Å². The van der Waals surface area contributed by atoms with Crippen molar-refractivity contribution in [2.45, 2.75) is 6.04 Å². The third kappa shape index (κ3) is 1.51. The monoisotopic (exact) mass is 175 g/mol. The SMILES string of the molecule is CN1NC(c2ccccc2)C=C1N. The van der Waals surface area contributed by atoms with Crippen molar-refractivity contribution in [3.63, 3.8) is 0 Å². The third-order valence-electron chi connectivity index (χ3n) is 2.22. The lowest BCUT2D eigenvalue weighted by atomic mass is 10.1. The van der Waals surface area contributed by atoms with Crippen LogP contribution in [-0.4, -0.2) is 12.1 Å². The molecule has 3 N–H and O–H groups in total. The minimum absolute atomic E-state index is 0.214. The molecule has 1 atom stereocenters. The van der Waals surface area contributed by atoms with Crippen LogP contribution in [0.25, 0.3) is 0 Å². The summed E-state index contributed by atoms with van der Waals surface area (Å²) in [5, 5.41) is 1.83. The summed E-state index contributed by atoms with van der Waals surface area (Å²) in [5.41, 5.74) is 10.2. The highest BCUT2D eigenvalue weighted by molar-refractivity contribution is 5.25. The van der Waals surface area contributed by atoms with E-state index in [1.807, 2.05) is 36.3 Å². The Morgan fingerprint density at radius 1 is 1.31 bits per heavy atom. The normalized spacial score (nSPS) is 21.8. The van der Waals surface area contributed by atoms with Crippen LogP contribution >= 0.6 is 0 Å². The van der Waals surface area contributed by atoms with Crippen molar-refractivity contribution >= 4 is 0 Å². The fourth-order valence-corrected chi connectivity index (χ4v) is 1.43. The van der Waals surface area contributed by atoms with Gasteiger partial charge in [-0.25, -0.2) is 5.43 Å². The molecule has 0 amide bonds. The Balaban J connectivity index is 2.22. The molecular weight excluding hydrogens is 162 g/mol. The van der Waals surface area contributed by atoms with Gasteiger partial charge < -0.3 is 5.73 Å². The van der Waals surface area contributed by atoms with Gasteiger partial charge in [-0.15, -0.1) is 0 Å². The zero-order valence-electron chi connectivity index (χ0n) is 7.57. The molecule has 2 rings (SSSR count). The van der Waals surface area contributed by atoms with Crippen LogP contribution in [0.15, 0.2) is 42.2 Å². The van der Waals surface area contributed by atoms with E-state index in [4.69, 9.17) is 5.73 Å². The number of hydrazine groups is 1. The highest BCUT2D eigenvalue weighted by atomic mass is 15.5. The van der Waals surface area contributed by atoms with Crippen LogP contribution in [-0.2, 0) is 0 Å². The summed E-state index contributed by atoms with van der Waals surface area (Å²) in [4.78, 5) is 0. The molecule has 1 heterocycles. The first kappa shape index (κ1) is 8.13. The second-order valence-corrected chi connectivity index (χ2v) is 3.17. The summed E-state index contributed by atoms with van der Waals surface area (Å²) in [6, 6.07) is 10.4. The third-order valence-corrected chi connectivity index (χ3v) is 2.22. The Kier molecular flexibility index (Phi) is 1.94. The lowest BCUT2D eigenvalue weighted by Crippen LogP contribution is -2.31. The molecule has 0 radical (unpaired) electrons. The van der Waals surface area contributed by atoms with Crippen molar-refractivity contribution in [3.8, 4) is 0 Å². The largest absolute Gasteiger partial charge is 0.385 e. The van der Waals surface area contributed by atoms with Crippen LogP contribution in [0.1, 0.15) is 11.6 Å². The van der Waals surface area contributed by atoms with Crippen LogP contribution in [0, 0.1) is 0 Å². The highest BCUT2D eigenvalue weighted by Crippen LogP contribution is 2.20. The molecule has 3 nitrogen and oxygen atoms in total. The predicted molar refractivity (Wildman–Crippen MR) is 52.4 cm³/mol. The maximum Gasteiger partial charge on any atom is 0.111 e. The molecule has 1 aromatic carbocycles. The van der Waals surface area contributed by atoms with Gasteiger partial charge in [-0.1, -0.05) is 30.3 Å². The van der Waals surface area contributed by atoms with Crippen molar-refractivity contribution in [3.05, 3.63) is 47.8 Å². The summed E-state index contributed by atoms with van der Waals surface area (Å²) >= 11 is 0. The molecule has 0 aromatic heterocycles. The van der Waals surface area contributed by atoms with Gasteiger partial charge in [0.2, 0.25) is 0 Å². The molecule has 1 unspecified atom stereocenters. The van der Waals surface area contributed by atoms with Crippen LogP contribution < -0.4 is 11.2 Å². The molecule has 0 saturated carbocycles. The second-order valence-electron chi connectivity index (χ2n) is 3.17. The van der Waals surface area contributed by atoms with Gasteiger partial charge >= 0.3 is 0 Å². The van der Waals surface area contributed by atoms with Gasteiger partial charge in [0.05, 0.1) is 6.04 Å². The average molecular weight is 175 g/mol. The van der Waals surface area contributed by atoms with Crippen molar-refractivity contribution in [1.29, 1.82) is 0 Å². The lowest BCUT2D eigenvalue weighted by molar-refractivity contribution is 0.308. The summed E-state index contributed by atoms with van der Waals surface area (Å²) in [5.74, 6) is 0.772. The summed E-state index contributed by atoms with van der Waals surface area (Å²) in [6.45, 7) is 0. The van der Waals surface area contributed by atoms with E-state index < -0.39 is 0 Å². The van der Waals surface area contributed by atoms with Gasteiger partial charge in [0.25, 0.3) is 0 Å². The van der Waals surface area contributed by atoms with E-state index in [0.29, 0.717) is 0 Å². The number of hydrogen-bond donors (Lipinski definition) is 2. The van der Waals surface area contributed by atoms with Crippen molar-refractivity contribution in [2.24, 2.45) is 5.73 Å². The van der Waals surface area contributed by atoms with E-state index in [1.165, 1.54) is 5.56 Å². The van der Waals surface area contributed by atoms with Crippen LogP contribution in [0.5, 0.6) is 0 Å². The van der Waals surface area contributed by atoms with E-state index in [-0.39, 0.29) is 6.04 Å². The standard InChI is InChI=1S/C10H13N3/c1-13-10(11)7-9(12-13)8-5-3-2-4-6-8/h2-7,9,12H,11H2,1H3. The molecule has 1 aliphatic rings. The van der Waals surface area contributed by atoms with E-state index in [0.717, 1.165) is 5.82 Å². The molecule has 13 heavy (non-hydrogen) atoms. The maximum absolute atomic E-state index is 5.73. The molecule has 0 bridgehead atoms. The minimum atomic E-state index is 0.214. The van der Waals surface area contributed by atoms with E-state index in [9.17, 15) is 0 Å². The van der Waals surface area contributed by atoms with Gasteiger partial charge in [-0.3, -0.25) is 5.01 Å². The number of rotatable bonds is 1. The maximum atomic E-state index is 5.73. The fraction of sp³-hybridized carbons (Fsp3) is 0.200. The summed E-state index contributed by atoms with van der Waals surface area (Å²) < 4.78 is 0. The highest BCUT2D eigenvalue weighted by Gasteiger charge is 2.18. The zero-order valence-corrected chi connectivity index (χ0v) is 7.57. The van der Waals surface area contributed by atoms with Crippen LogP contribution in [0.4, 0.5) is 0 Å². The minimum Gasteiger partial charge on any atom is -0.385 e. The summed E-state index contributed by atoms with van der Waals surface area (Å²) in [6.07, 6.45) is 2.01. The quantitative estimate of drug-likeness (QED) is 0.668. The average Bonchev–Trinajstić information content (AvgIpc) is 2.49. The number of nitrogens with zero attached hydrogens (tertiary/aromatic N) is 1. The van der Waals surface area contributed by atoms with Gasteiger partial charge in [0.15, 0.2) is 0 Å². The molecule has 3 heteroatoms. The number of benzene rings is 1. The Morgan fingerprint density at radius 3 is 2.54 bits per heavy atom. The molecule has 1 aromatic rings. The van der Waals surface area contributed by atoms with Gasteiger partial charge in [0, 0.05) is 7.05 Å². The Labute approximate surface area is 77.8 Å². The number of hydrogen-bond acceptors (Lipinski definition) is 3. The molecule has 0 fully saturated rings. The topological polar surface area (TPSA) is 41.3 Å². The fourth-order valence-electron chi connectivity index (χ4n) is 1.43. The number of nitrogens with one attached hydrogen (secondary N) is 1. The second kappa shape index (κ2) is 3.11. The number of nitrogens with two attached hydrogens (primary N) is 1. The van der Waals surface area contributed by atoms with Crippen molar-refractivity contribution < 1.29 is 0 Å². The van der Waals surface area contributed by atoms with Gasteiger partial charge in [-0.2, -0.15) is 0 Å². The Morgan fingerprint density at radius 2 is 2.00 bits per heavy atom. The van der Waals surface area contributed by atoms with Crippen LogP contribution in [0.3, 0.4) is 0 Å². The molecule has 68 valence electrons. The Hall–Kier alpha value is -1.48. The predicted octanol–water partition coefficient (Wildman–Crippen LogP) is 0.978. The molecule has 0 saturated heterocycles. The first-order chi connectivity index (χ1) is 6.27. The molecule has 0 aliphatic carbocycles. The van der Waals surface area contributed by atoms with Crippen molar-refractivity contribution in [2.75, 3.05) is 7.05 Å². The zero-order chi connectivity index (χ0) is 9.26. The first-order valence-electron chi connectivity index (χ1n) is 4.29. The van der Waals surface area contributed by atoms with E-state index in [1.54, 1.807) is 0 Å². The van der Waals surface area contributed by atoms with Gasteiger partial charge in [-0.05, 0) is 11.6 Å². The molecule has 0 spiro atoms.